The number of benzene rings is 2. The number of rotatable bonds is 4. The predicted molar refractivity (Wildman–Crippen MR) is 109 cm³/mol. The molecule has 2 aromatic heterocycles. The second kappa shape index (κ2) is 7.85. The van der Waals surface area contributed by atoms with Gasteiger partial charge in [0.2, 0.25) is 5.82 Å². The van der Waals surface area contributed by atoms with Gasteiger partial charge in [-0.3, -0.25) is 14.0 Å². The molecule has 2 heterocycles. The van der Waals surface area contributed by atoms with E-state index in [4.69, 9.17) is 0 Å². The molecular formula is C22H14FN5O2. The molecule has 4 rings (SSSR count). The van der Waals surface area contributed by atoms with E-state index in [2.05, 4.69) is 15.6 Å². The van der Waals surface area contributed by atoms with Crippen molar-refractivity contribution in [1.82, 2.24) is 9.38 Å². The summed E-state index contributed by atoms with van der Waals surface area (Å²) in [6.45, 7) is 0. The highest BCUT2D eigenvalue weighted by Crippen LogP contribution is 2.19. The van der Waals surface area contributed by atoms with Gasteiger partial charge in [0.15, 0.2) is 5.69 Å². The van der Waals surface area contributed by atoms with E-state index in [9.17, 15) is 19.2 Å². The van der Waals surface area contributed by atoms with Crippen molar-refractivity contribution in [3.05, 3.63) is 95.8 Å². The fourth-order valence-corrected chi connectivity index (χ4v) is 2.96. The molecule has 0 aliphatic heterocycles. The van der Waals surface area contributed by atoms with Crippen LogP contribution in [0.5, 0.6) is 0 Å². The van der Waals surface area contributed by atoms with Crippen molar-refractivity contribution in [2.75, 3.05) is 10.6 Å². The lowest BCUT2D eigenvalue weighted by molar-refractivity contribution is 0.101. The average Bonchev–Trinajstić information content (AvgIpc) is 3.16. The fourth-order valence-electron chi connectivity index (χ4n) is 2.96. The zero-order chi connectivity index (χ0) is 21.1. The lowest BCUT2D eigenvalue weighted by atomic mass is 10.2. The molecule has 2 amide bonds. The number of nitrogens with zero attached hydrogens (tertiary/aromatic N) is 3. The predicted octanol–water partition coefficient (Wildman–Crippen LogP) is 3.85. The number of para-hydroxylation sites is 1. The van der Waals surface area contributed by atoms with Crippen molar-refractivity contribution >= 4 is 28.7 Å². The summed E-state index contributed by atoms with van der Waals surface area (Å²) in [5.74, 6) is -1.54. The summed E-state index contributed by atoms with van der Waals surface area (Å²) >= 11 is 0. The van der Waals surface area contributed by atoms with Crippen molar-refractivity contribution in [2.24, 2.45) is 0 Å². The van der Waals surface area contributed by atoms with Crippen molar-refractivity contribution in [3.8, 4) is 6.07 Å². The van der Waals surface area contributed by atoms with E-state index >= 15 is 0 Å². The van der Waals surface area contributed by atoms with Gasteiger partial charge in [0.1, 0.15) is 11.9 Å². The van der Waals surface area contributed by atoms with E-state index in [1.165, 1.54) is 28.7 Å². The van der Waals surface area contributed by atoms with Crippen molar-refractivity contribution in [2.45, 2.75) is 0 Å². The first kappa shape index (κ1) is 18.8. The van der Waals surface area contributed by atoms with E-state index in [0.717, 1.165) is 0 Å². The number of halogens is 1. The first-order valence-corrected chi connectivity index (χ1v) is 8.91. The van der Waals surface area contributed by atoms with Gasteiger partial charge in [0.05, 0.1) is 16.8 Å². The Hall–Kier alpha value is -4.51. The lowest BCUT2D eigenvalue weighted by Gasteiger charge is -2.05. The summed E-state index contributed by atoms with van der Waals surface area (Å²) in [5.41, 5.74) is 1.51. The van der Waals surface area contributed by atoms with Crippen LogP contribution < -0.4 is 10.6 Å². The van der Waals surface area contributed by atoms with Crippen LogP contribution in [0, 0.1) is 17.1 Å². The van der Waals surface area contributed by atoms with Crippen molar-refractivity contribution in [1.29, 1.82) is 5.26 Å². The molecule has 0 aliphatic carbocycles. The molecule has 0 aliphatic rings. The molecule has 7 nitrogen and oxygen atoms in total. The van der Waals surface area contributed by atoms with Crippen LogP contribution >= 0.6 is 0 Å². The quantitative estimate of drug-likeness (QED) is 0.544. The summed E-state index contributed by atoms with van der Waals surface area (Å²) in [7, 11) is 0. The molecule has 0 saturated heterocycles. The van der Waals surface area contributed by atoms with E-state index < -0.39 is 17.6 Å². The maximum atomic E-state index is 13.1. The van der Waals surface area contributed by atoms with Gasteiger partial charge in [-0.2, -0.15) is 5.26 Å². The Morgan fingerprint density at radius 2 is 1.67 bits per heavy atom. The van der Waals surface area contributed by atoms with Gasteiger partial charge < -0.3 is 10.6 Å². The minimum atomic E-state index is -0.556. The molecule has 0 saturated carbocycles. The number of fused-ring (bicyclic) bond motifs is 1. The van der Waals surface area contributed by atoms with Crippen LogP contribution in [0.4, 0.5) is 15.8 Å². The van der Waals surface area contributed by atoms with Crippen LogP contribution in [-0.4, -0.2) is 21.2 Å². The van der Waals surface area contributed by atoms with Crippen LogP contribution in [0.1, 0.15) is 26.7 Å². The zero-order valence-corrected chi connectivity index (χ0v) is 15.5. The molecule has 2 aromatic carbocycles. The third-order valence-electron chi connectivity index (χ3n) is 4.36. The molecule has 30 heavy (non-hydrogen) atoms. The van der Waals surface area contributed by atoms with Gasteiger partial charge in [-0.15, -0.1) is 0 Å². The summed E-state index contributed by atoms with van der Waals surface area (Å²) in [6, 6.07) is 19.0. The average molecular weight is 399 g/mol. The van der Waals surface area contributed by atoms with Gasteiger partial charge in [0.25, 0.3) is 11.8 Å². The Morgan fingerprint density at radius 1 is 0.933 bits per heavy atom. The number of carbonyl (C=O) groups is 2. The molecule has 0 atom stereocenters. The highest BCUT2D eigenvalue weighted by atomic mass is 19.1. The standard InChI is InChI=1S/C22H14FN5O2/c23-15-8-10-16(11-9-15)25-22(30)20-27-19(18-7-3-4-12-28(18)20)21(29)26-17-6-2-1-5-14(17)13-24/h1-12H,(H,25,30)(H,26,29). The zero-order valence-electron chi connectivity index (χ0n) is 15.5. The minimum absolute atomic E-state index is 0.00589. The minimum Gasteiger partial charge on any atom is -0.319 e. The third-order valence-corrected chi connectivity index (χ3v) is 4.36. The highest BCUT2D eigenvalue weighted by molar-refractivity contribution is 6.10. The molecule has 0 fully saturated rings. The Kier molecular flexibility index (Phi) is 4.93. The SMILES string of the molecule is N#Cc1ccccc1NC(=O)c1nc(C(=O)Nc2ccc(F)cc2)n2ccccc12. The van der Waals surface area contributed by atoms with Crippen LogP contribution in [0.2, 0.25) is 0 Å². The second-order valence-electron chi connectivity index (χ2n) is 6.31. The summed E-state index contributed by atoms with van der Waals surface area (Å²) in [4.78, 5) is 29.8. The number of amides is 2. The molecule has 0 spiro atoms. The Bertz CT molecular complexity index is 1310. The second-order valence-corrected chi connectivity index (χ2v) is 6.31. The summed E-state index contributed by atoms with van der Waals surface area (Å²) < 4.78 is 14.6. The highest BCUT2D eigenvalue weighted by Gasteiger charge is 2.22. The molecule has 0 unspecified atom stereocenters. The first-order valence-electron chi connectivity index (χ1n) is 8.91. The van der Waals surface area contributed by atoms with Gasteiger partial charge in [-0.1, -0.05) is 18.2 Å². The van der Waals surface area contributed by atoms with Crippen LogP contribution in [-0.2, 0) is 0 Å². The smallest absolute Gasteiger partial charge is 0.292 e. The summed E-state index contributed by atoms with van der Waals surface area (Å²) in [6.07, 6.45) is 1.61. The first-order chi connectivity index (χ1) is 14.6. The van der Waals surface area contributed by atoms with Gasteiger partial charge in [-0.25, -0.2) is 9.37 Å². The molecule has 0 bridgehead atoms. The van der Waals surface area contributed by atoms with Crippen LogP contribution in [0.25, 0.3) is 5.52 Å². The third kappa shape index (κ3) is 3.59. The van der Waals surface area contributed by atoms with Crippen molar-refractivity contribution < 1.29 is 14.0 Å². The normalized spacial score (nSPS) is 10.4. The Morgan fingerprint density at radius 3 is 2.43 bits per heavy atom. The van der Waals surface area contributed by atoms with Crippen LogP contribution in [0.3, 0.4) is 0 Å². The van der Waals surface area contributed by atoms with Crippen LogP contribution in [0.15, 0.2) is 72.9 Å². The van der Waals surface area contributed by atoms with E-state index in [1.807, 2.05) is 6.07 Å². The number of hydrogen-bond acceptors (Lipinski definition) is 4. The molecular weight excluding hydrogens is 385 g/mol. The summed E-state index contributed by atoms with van der Waals surface area (Å²) in [5, 5.41) is 14.5. The Balaban J connectivity index is 1.68. The molecule has 8 heteroatoms. The number of carbonyl (C=O) groups excluding carboxylic acids is 2. The number of nitrogens with one attached hydrogen (secondary N) is 2. The Labute approximate surface area is 170 Å². The largest absolute Gasteiger partial charge is 0.319 e. The van der Waals surface area contributed by atoms with E-state index in [-0.39, 0.29) is 11.5 Å². The number of anilines is 2. The maximum absolute atomic E-state index is 13.1. The monoisotopic (exact) mass is 399 g/mol. The number of aromatic nitrogens is 2. The van der Waals surface area contributed by atoms with Gasteiger partial charge >= 0.3 is 0 Å². The number of pyridine rings is 1. The lowest BCUT2D eigenvalue weighted by Crippen LogP contribution is -2.16. The van der Waals surface area contributed by atoms with E-state index in [0.29, 0.717) is 22.5 Å². The number of hydrogen-bond donors (Lipinski definition) is 2. The van der Waals surface area contributed by atoms with Crippen molar-refractivity contribution in [3.63, 3.8) is 0 Å². The van der Waals surface area contributed by atoms with Gasteiger partial charge in [-0.05, 0) is 48.5 Å². The molecule has 146 valence electrons. The van der Waals surface area contributed by atoms with E-state index in [1.54, 1.807) is 48.7 Å². The molecule has 4 aromatic rings. The van der Waals surface area contributed by atoms with Gasteiger partial charge in [0, 0.05) is 11.9 Å². The number of nitriles is 1. The molecule has 0 radical (unpaired) electrons. The fraction of sp³-hybridized carbons (Fsp3) is 0. The maximum Gasteiger partial charge on any atom is 0.292 e. The topological polar surface area (TPSA) is 99.3 Å². The molecule has 2 N–H and O–H groups in total. The number of imidazole rings is 1.